The largest absolute Gasteiger partial charge is 0.379 e. The van der Waals surface area contributed by atoms with Crippen LogP contribution in [-0.4, -0.2) is 43.2 Å². The van der Waals surface area contributed by atoms with Crippen molar-refractivity contribution in [2.45, 2.75) is 154 Å². The van der Waals surface area contributed by atoms with Crippen LogP contribution in [-0.2, 0) is 9.47 Å². The molecule has 0 bridgehead atoms. The first kappa shape index (κ1) is 32.0. The molecule has 0 aliphatic carbocycles. The Kier molecular flexibility index (Phi) is 21.3. The molecule has 3 nitrogen and oxygen atoms in total. The molecule has 212 valence electrons. The zero-order valence-electron chi connectivity index (χ0n) is 24.1. The van der Waals surface area contributed by atoms with Gasteiger partial charge in [0, 0.05) is 26.0 Å². The van der Waals surface area contributed by atoms with Gasteiger partial charge in [0.1, 0.15) is 0 Å². The third-order valence-electron chi connectivity index (χ3n) is 8.03. The maximum atomic E-state index is 6.01. The second-order valence-electron chi connectivity index (χ2n) is 11.5. The quantitative estimate of drug-likeness (QED) is 0.105. The first-order valence-electron chi connectivity index (χ1n) is 16.1. The summed E-state index contributed by atoms with van der Waals surface area (Å²) in [4.78, 5) is 2.42. The summed E-state index contributed by atoms with van der Waals surface area (Å²) in [6.45, 7) is 6.22. The van der Waals surface area contributed by atoms with Gasteiger partial charge in [-0.2, -0.15) is 0 Å². The second kappa shape index (κ2) is 23.9. The van der Waals surface area contributed by atoms with Crippen molar-refractivity contribution in [2.24, 2.45) is 5.92 Å². The molecule has 0 aromatic rings. The zero-order chi connectivity index (χ0) is 25.4. The van der Waals surface area contributed by atoms with Crippen LogP contribution in [0.4, 0.5) is 0 Å². The molecule has 4 heteroatoms. The van der Waals surface area contributed by atoms with E-state index in [-0.39, 0.29) is 0 Å². The maximum Gasteiger partial charge on any atom is 0.0812 e. The van der Waals surface area contributed by atoms with Crippen LogP contribution < -0.4 is 0 Å². The second-order valence-corrected chi connectivity index (χ2v) is 12.4. The number of nitrogens with zero attached hydrogens (tertiary/aromatic N) is 1. The third kappa shape index (κ3) is 18.1. The van der Waals surface area contributed by atoms with Crippen LogP contribution >= 0.6 is 11.8 Å². The Morgan fingerprint density at radius 1 is 0.750 bits per heavy atom. The summed E-state index contributed by atoms with van der Waals surface area (Å²) in [5, 5.41) is 2.20. The van der Waals surface area contributed by atoms with Crippen LogP contribution in [0, 0.1) is 5.92 Å². The summed E-state index contributed by atoms with van der Waals surface area (Å²) >= 11 is 1.90. The predicted molar refractivity (Wildman–Crippen MR) is 160 cm³/mol. The molecule has 0 radical (unpaired) electrons. The monoisotopic (exact) mass is 523 g/mol. The normalized spacial score (nSPS) is 19.6. The highest BCUT2D eigenvalue weighted by atomic mass is 32.2. The smallest absolute Gasteiger partial charge is 0.0812 e. The molecule has 0 spiro atoms. The van der Waals surface area contributed by atoms with Crippen molar-refractivity contribution in [3.8, 4) is 0 Å². The van der Waals surface area contributed by atoms with Crippen molar-refractivity contribution in [1.29, 1.82) is 0 Å². The first-order chi connectivity index (χ1) is 17.9. The van der Waals surface area contributed by atoms with Crippen LogP contribution in [0.3, 0.4) is 0 Å². The number of rotatable bonds is 26. The standard InChI is InChI=1S/C32H61NO2S/c1-2-3-4-5-6-7-8-9-10-11-12-13-14-16-19-22-31-27-32(35-28-31)29-34-25-21-18-15-17-20-23-33-24-26-36-30-33/h24,26,31-32H,2-23,25,27-30H2,1H3. The molecule has 0 aromatic heterocycles. The summed E-state index contributed by atoms with van der Waals surface area (Å²) in [5.74, 6) is 1.93. The van der Waals surface area contributed by atoms with E-state index in [1.54, 1.807) is 0 Å². The highest BCUT2D eigenvalue weighted by Crippen LogP contribution is 2.25. The van der Waals surface area contributed by atoms with Crippen molar-refractivity contribution < 1.29 is 9.47 Å². The Bertz CT molecular complexity index is 501. The molecular formula is C32H61NO2S. The van der Waals surface area contributed by atoms with Gasteiger partial charge in [-0.15, -0.1) is 11.8 Å². The molecule has 0 amide bonds. The van der Waals surface area contributed by atoms with Crippen molar-refractivity contribution in [1.82, 2.24) is 4.90 Å². The molecule has 1 saturated heterocycles. The van der Waals surface area contributed by atoms with Gasteiger partial charge in [-0.25, -0.2) is 0 Å². The molecule has 2 aliphatic heterocycles. The minimum absolute atomic E-state index is 0.359. The van der Waals surface area contributed by atoms with E-state index in [9.17, 15) is 0 Å². The molecule has 0 aromatic carbocycles. The topological polar surface area (TPSA) is 21.7 Å². The lowest BCUT2D eigenvalue weighted by molar-refractivity contribution is 0.0153. The van der Waals surface area contributed by atoms with Crippen LogP contribution in [0.1, 0.15) is 148 Å². The van der Waals surface area contributed by atoms with Gasteiger partial charge in [-0.3, -0.25) is 0 Å². The van der Waals surface area contributed by atoms with Crippen LogP contribution in [0.15, 0.2) is 11.6 Å². The van der Waals surface area contributed by atoms with Gasteiger partial charge in [0.15, 0.2) is 0 Å². The van der Waals surface area contributed by atoms with Crippen LogP contribution in [0.25, 0.3) is 0 Å². The van der Waals surface area contributed by atoms with Crippen molar-refractivity contribution >= 4 is 11.8 Å². The van der Waals surface area contributed by atoms with E-state index in [0.717, 1.165) is 31.6 Å². The van der Waals surface area contributed by atoms with E-state index in [1.807, 2.05) is 11.8 Å². The van der Waals surface area contributed by atoms with Crippen molar-refractivity contribution in [3.63, 3.8) is 0 Å². The molecule has 2 heterocycles. The number of hydrogen-bond acceptors (Lipinski definition) is 4. The molecule has 2 unspecified atom stereocenters. The maximum absolute atomic E-state index is 6.01. The minimum Gasteiger partial charge on any atom is -0.379 e. The fraction of sp³-hybridized carbons (Fsp3) is 0.938. The Morgan fingerprint density at radius 3 is 1.94 bits per heavy atom. The Labute approximate surface area is 229 Å². The summed E-state index contributed by atoms with van der Waals surface area (Å²) in [6.07, 6.45) is 33.4. The van der Waals surface area contributed by atoms with Crippen LogP contribution in [0.2, 0.25) is 0 Å². The van der Waals surface area contributed by atoms with Gasteiger partial charge in [-0.05, 0) is 37.0 Å². The molecule has 1 fully saturated rings. The Morgan fingerprint density at radius 2 is 1.33 bits per heavy atom. The highest BCUT2D eigenvalue weighted by Gasteiger charge is 2.24. The number of ether oxygens (including phenoxy) is 2. The van der Waals surface area contributed by atoms with E-state index in [1.165, 1.54) is 148 Å². The highest BCUT2D eigenvalue weighted by molar-refractivity contribution is 8.02. The summed E-state index contributed by atoms with van der Waals surface area (Å²) in [7, 11) is 0. The van der Waals surface area contributed by atoms with E-state index in [0.29, 0.717) is 6.10 Å². The Balaban J connectivity index is 1.24. The van der Waals surface area contributed by atoms with Gasteiger partial charge in [0.2, 0.25) is 0 Å². The molecule has 2 rings (SSSR count). The SMILES string of the molecule is CCCCCCCCCCCCCCCCCC1COC(COCCCCCCCN2C=CSC2)C1. The van der Waals surface area contributed by atoms with E-state index >= 15 is 0 Å². The fourth-order valence-corrected chi connectivity index (χ4v) is 6.37. The van der Waals surface area contributed by atoms with Crippen LogP contribution in [0.5, 0.6) is 0 Å². The van der Waals surface area contributed by atoms with E-state index in [2.05, 4.69) is 23.4 Å². The number of hydrogen-bond donors (Lipinski definition) is 0. The Hall–Kier alpha value is -0.190. The molecule has 0 saturated carbocycles. The van der Waals surface area contributed by atoms with Crippen molar-refractivity contribution in [2.75, 3.05) is 32.2 Å². The summed E-state index contributed by atoms with van der Waals surface area (Å²) in [5.41, 5.74) is 0. The molecule has 36 heavy (non-hydrogen) atoms. The average Bonchev–Trinajstić information content (AvgIpc) is 3.58. The van der Waals surface area contributed by atoms with Gasteiger partial charge < -0.3 is 14.4 Å². The lowest BCUT2D eigenvalue weighted by atomic mass is 9.97. The first-order valence-corrected chi connectivity index (χ1v) is 17.1. The van der Waals surface area contributed by atoms with E-state index in [4.69, 9.17) is 9.47 Å². The lowest BCUT2D eigenvalue weighted by Crippen LogP contribution is -2.15. The molecule has 0 N–H and O–H groups in total. The van der Waals surface area contributed by atoms with E-state index < -0.39 is 0 Å². The number of unbranched alkanes of at least 4 members (excludes halogenated alkanes) is 18. The zero-order valence-corrected chi connectivity index (χ0v) is 24.9. The summed E-state index contributed by atoms with van der Waals surface area (Å²) < 4.78 is 12.0. The molecule has 2 atom stereocenters. The minimum atomic E-state index is 0.359. The predicted octanol–water partition coefficient (Wildman–Crippen LogP) is 10.1. The average molecular weight is 524 g/mol. The van der Waals surface area contributed by atoms with Gasteiger partial charge in [0.25, 0.3) is 0 Å². The fourth-order valence-electron chi connectivity index (χ4n) is 5.62. The van der Waals surface area contributed by atoms with Crippen molar-refractivity contribution in [3.05, 3.63) is 11.6 Å². The molecule has 2 aliphatic rings. The molecular weight excluding hydrogens is 462 g/mol. The van der Waals surface area contributed by atoms with Gasteiger partial charge >= 0.3 is 0 Å². The third-order valence-corrected chi connectivity index (χ3v) is 8.82. The van der Waals surface area contributed by atoms with Gasteiger partial charge in [-0.1, -0.05) is 122 Å². The van der Waals surface area contributed by atoms with Gasteiger partial charge in [0.05, 0.1) is 18.6 Å². The lowest BCUT2D eigenvalue weighted by Gasteiger charge is -2.13. The summed E-state index contributed by atoms with van der Waals surface area (Å²) in [6, 6.07) is 0. The number of thioether (sulfide) groups is 1.